The van der Waals surface area contributed by atoms with Gasteiger partial charge in [0.15, 0.2) is 5.82 Å². The molecule has 260 valence electrons. The van der Waals surface area contributed by atoms with Crippen molar-refractivity contribution in [2.75, 3.05) is 0 Å². The number of benzene rings is 3. The summed E-state index contributed by atoms with van der Waals surface area (Å²) in [5.74, 6) is 5.28. The zero-order chi connectivity index (χ0) is 34.7. The molecule has 6 aromatic rings. The van der Waals surface area contributed by atoms with Crippen LogP contribution < -0.4 is 0 Å². The van der Waals surface area contributed by atoms with Crippen molar-refractivity contribution in [2.45, 2.75) is 75.5 Å². The molecule has 4 fully saturated rings. The van der Waals surface area contributed by atoms with Gasteiger partial charge in [0.25, 0.3) is 0 Å². The van der Waals surface area contributed by atoms with E-state index >= 15 is 0 Å². The van der Waals surface area contributed by atoms with Crippen molar-refractivity contribution in [1.82, 2.24) is 24.1 Å². The van der Waals surface area contributed by atoms with Crippen LogP contribution in [0.5, 0.6) is 0 Å². The van der Waals surface area contributed by atoms with Crippen LogP contribution in [0.15, 0.2) is 103 Å². The fourth-order valence-electron chi connectivity index (χ4n) is 11.8. The lowest BCUT2D eigenvalue weighted by Crippen LogP contribution is -2.49. The molecule has 4 bridgehead atoms. The Labute approximate surface area is 310 Å². The predicted molar refractivity (Wildman–Crippen MR) is 215 cm³/mol. The highest BCUT2D eigenvalue weighted by Crippen LogP contribution is 2.60. The van der Waals surface area contributed by atoms with Gasteiger partial charge in [-0.15, -0.1) is 0 Å². The minimum absolute atomic E-state index is 0.0760. The fraction of sp³-hybridized carbons (Fsp3) is 0.312. The summed E-state index contributed by atoms with van der Waals surface area (Å²) in [6.07, 6.45) is 30.5. The fourth-order valence-corrected chi connectivity index (χ4v) is 11.8. The number of para-hydroxylation sites is 2. The lowest BCUT2D eigenvalue weighted by molar-refractivity contribution is -0.00955. The first-order valence-electron chi connectivity index (χ1n) is 20.0. The van der Waals surface area contributed by atoms with Crippen molar-refractivity contribution in [3.05, 3.63) is 137 Å². The summed E-state index contributed by atoms with van der Waals surface area (Å²) >= 11 is 0. The maximum Gasteiger partial charge on any atom is 0.165 e. The third-order valence-electron chi connectivity index (χ3n) is 13.6. The van der Waals surface area contributed by atoms with Gasteiger partial charge in [0.2, 0.25) is 0 Å². The minimum atomic E-state index is 0.0760. The summed E-state index contributed by atoms with van der Waals surface area (Å²) in [4.78, 5) is 16.2. The van der Waals surface area contributed by atoms with Gasteiger partial charge in [-0.1, -0.05) is 66.8 Å². The van der Waals surface area contributed by atoms with Gasteiger partial charge in [0.05, 0.1) is 22.6 Å². The normalized spacial score (nSPS) is 25.2. The van der Waals surface area contributed by atoms with Crippen LogP contribution in [0.2, 0.25) is 0 Å². The summed E-state index contributed by atoms with van der Waals surface area (Å²) in [7, 11) is 0. The van der Waals surface area contributed by atoms with Gasteiger partial charge < -0.3 is 9.13 Å². The molecule has 13 rings (SSSR count). The Morgan fingerprint density at radius 2 is 1.28 bits per heavy atom. The van der Waals surface area contributed by atoms with Crippen molar-refractivity contribution in [1.29, 1.82) is 0 Å². The Morgan fingerprint density at radius 1 is 0.623 bits per heavy atom. The molecule has 3 heterocycles. The van der Waals surface area contributed by atoms with Gasteiger partial charge in [-0.05, 0) is 142 Å². The maximum absolute atomic E-state index is 5.53. The Morgan fingerprint density at radius 3 is 2.02 bits per heavy atom. The van der Waals surface area contributed by atoms with Crippen LogP contribution in [0.1, 0.15) is 91.4 Å². The first-order chi connectivity index (χ1) is 26.2. The second-order valence-electron chi connectivity index (χ2n) is 16.9. The van der Waals surface area contributed by atoms with E-state index in [0.29, 0.717) is 0 Å². The third kappa shape index (κ3) is 4.52. The molecular weight excluding hydrogens is 647 g/mol. The van der Waals surface area contributed by atoms with Crippen LogP contribution in [0.4, 0.5) is 0 Å². The first kappa shape index (κ1) is 30.2. The van der Waals surface area contributed by atoms with E-state index in [1.165, 1.54) is 88.5 Å². The maximum atomic E-state index is 5.53. The van der Waals surface area contributed by atoms with Crippen molar-refractivity contribution in [3.63, 3.8) is 0 Å². The van der Waals surface area contributed by atoms with E-state index in [0.717, 1.165) is 72.2 Å². The standard InChI is InChI=1S/C48H43N5/c1-2-12-33(11-1)45-49-46(51-47(50-45)48-27-30-23-31(28-48)25-32(24-30)29-48)38-16-6-10-20-43(38)53-42-19-9-5-15-37(42)39-26-34(21-22-44(39)53)52-40-17-7-3-13-35(40)36-14-4-8-18-41(36)52/h1-2,5-12,15-22,26,30-33H,3-4,13-14,23-25,27-29H2. The molecule has 0 atom stereocenters. The number of allylic oxidation sites excluding steroid dienone is 6. The van der Waals surface area contributed by atoms with Crippen LogP contribution >= 0.6 is 0 Å². The van der Waals surface area contributed by atoms with Crippen LogP contribution in [-0.2, 0) is 18.3 Å². The van der Waals surface area contributed by atoms with Crippen molar-refractivity contribution >= 4 is 34.0 Å². The highest BCUT2D eigenvalue weighted by molar-refractivity contribution is 6.10. The molecule has 0 unspecified atom stereocenters. The van der Waals surface area contributed by atoms with Crippen molar-refractivity contribution < 1.29 is 0 Å². The Kier molecular flexibility index (Phi) is 6.47. The Hall–Kier alpha value is -5.29. The summed E-state index contributed by atoms with van der Waals surface area (Å²) in [5.41, 5.74) is 11.6. The lowest BCUT2D eigenvalue weighted by Gasteiger charge is -2.56. The summed E-state index contributed by atoms with van der Waals surface area (Å²) in [6, 6.07) is 24.8. The highest BCUT2D eigenvalue weighted by Gasteiger charge is 2.53. The predicted octanol–water partition coefficient (Wildman–Crippen LogP) is 11.0. The zero-order valence-corrected chi connectivity index (χ0v) is 30.1. The SMILES string of the molecule is C1=CC(c2nc(-c3ccccc3-n3c4ccccc4c4cc(-n5c6c(c7c5C=CCC7)CCC=C6)ccc43)nc(C34CC5CC(CC(C5)C3)C4)n2)C=C1. The van der Waals surface area contributed by atoms with Gasteiger partial charge in [0, 0.05) is 38.8 Å². The molecule has 0 aliphatic heterocycles. The molecule has 0 radical (unpaired) electrons. The van der Waals surface area contributed by atoms with Gasteiger partial charge in [-0.25, -0.2) is 15.0 Å². The van der Waals surface area contributed by atoms with E-state index in [1.54, 1.807) is 0 Å². The molecule has 0 saturated heterocycles. The van der Waals surface area contributed by atoms with Crippen LogP contribution in [-0.4, -0.2) is 24.1 Å². The van der Waals surface area contributed by atoms with E-state index in [4.69, 9.17) is 15.0 Å². The second kappa shape index (κ2) is 11.4. The first-order valence-corrected chi connectivity index (χ1v) is 20.0. The number of aromatic nitrogens is 5. The Balaban J connectivity index is 1.05. The number of hydrogen-bond acceptors (Lipinski definition) is 3. The third-order valence-corrected chi connectivity index (χ3v) is 13.6. The molecule has 4 saturated carbocycles. The van der Waals surface area contributed by atoms with Crippen molar-refractivity contribution in [3.8, 4) is 22.8 Å². The van der Waals surface area contributed by atoms with Crippen LogP contribution in [0.3, 0.4) is 0 Å². The molecule has 3 aromatic heterocycles. The van der Waals surface area contributed by atoms with E-state index in [1.807, 2.05) is 0 Å². The highest BCUT2D eigenvalue weighted by atomic mass is 15.1. The van der Waals surface area contributed by atoms with Gasteiger partial charge >= 0.3 is 0 Å². The van der Waals surface area contributed by atoms with Gasteiger partial charge in [0.1, 0.15) is 11.6 Å². The van der Waals surface area contributed by atoms with E-state index < -0.39 is 0 Å². The average Bonchev–Trinajstić information content (AvgIpc) is 3.93. The number of fused-ring (bicyclic) bond motifs is 6. The molecule has 0 amide bonds. The summed E-state index contributed by atoms with van der Waals surface area (Å²) < 4.78 is 4.97. The van der Waals surface area contributed by atoms with Crippen molar-refractivity contribution in [2.24, 2.45) is 17.8 Å². The lowest BCUT2D eigenvalue weighted by atomic mass is 9.49. The molecule has 5 heteroatoms. The number of rotatable bonds is 5. The smallest absolute Gasteiger partial charge is 0.165 e. The largest absolute Gasteiger partial charge is 0.310 e. The zero-order valence-electron chi connectivity index (χ0n) is 30.1. The topological polar surface area (TPSA) is 48.5 Å². The average molecular weight is 690 g/mol. The molecule has 0 N–H and O–H groups in total. The monoisotopic (exact) mass is 689 g/mol. The van der Waals surface area contributed by atoms with E-state index in [9.17, 15) is 0 Å². The number of nitrogens with zero attached hydrogens (tertiary/aromatic N) is 5. The Bertz CT molecular complexity index is 2540. The molecule has 53 heavy (non-hydrogen) atoms. The number of hydrogen-bond donors (Lipinski definition) is 0. The second-order valence-corrected chi connectivity index (χ2v) is 16.9. The van der Waals surface area contributed by atoms with Gasteiger partial charge in [-0.2, -0.15) is 0 Å². The molecule has 7 aliphatic carbocycles. The quantitative estimate of drug-likeness (QED) is 0.181. The minimum Gasteiger partial charge on any atom is -0.310 e. The molecule has 7 aliphatic rings. The summed E-state index contributed by atoms with van der Waals surface area (Å²) in [6.45, 7) is 0. The molecule has 3 aromatic carbocycles. The molecule has 5 nitrogen and oxygen atoms in total. The molecule has 0 spiro atoms. The molecular formula is C48H43N5. The summed E-state index contributed by atoms with van der Waals surface area (Å²) in [5, 5.41) is 2.52. The van der Waals surface area contributed by atoms with Gasteiger partial charge in [-0.3, -0.25) is 0 Å². The van der Waals surface area contributed by atoms with E-state index in [-0.39, 0.29) is 11.3 Å². The van der Waals surface area contributed by atoms with Crippen LogP contribution in [0.25, 0.3) is 56.7 Å². The van der Waals surface area contributed by atoms with E-state index in [2.05, 4.69) is 124 Å². The van der Waals surface area contributed by atoms with Crippen LogP contribution in [0, 0.1) is 17.8 Å².